The second kappa shape index (κ2) is 13.5. The van der Waals surface area contributed by atoms with Crippen LogP contribution in [0.5, 0.6) is 0 Å². The van der Waals surface area contributed by atoms with Crippen molar-refractivity contribution in [2.75, 3.05) is 0 Å². The number of hydrogen-bond donors (Lipinski definition) is 1. The largest absolute Gasteiger partial charge is 0.481 e. The molecule has 0 saturated heterocycles. The van der Waals surface area contributed by atoms with Gasteiger partial charge in [-0.15, -0.1) is 0 Å². The Morgan fingerprint density at radius 2 is 1.28 bits per heavy atom. The highest BCUT2D eigenvalue weighted by Crippen LogP contribution is 1.96. The van der Waals surface area contributed by atoms with Crippen LogP contribution in [-0.4, -0.2) is 11.1 Å². The summed E-state index contributed by atoms with van der Waals surface area (Å²) in [7, 11) is 0. The molecule has 1 N–H and O–H groups in total. The van der Waals surface area contributed by atoms with E-state index in [-0.39, 0.29) is 6.42 Å². The van der Waals surface area contributed by atoms with Gasteiger partial charge in [0, 0.05) is 6.42 Å². The number of aliphatic carboxylic acids is 1. The topological polar surface area (TPSA) is 37.3 Å². The van der Waals surface area contributed by atoms with Crippen LogP contribution < -0.4 is 0 Å². The fourth-order valence-electron chi connectivity index (χ4n) is 1.30. The van der Waals surface area contributed by atoms with Gasteiger partial charge in [-0.1, -0.05) is 55.5 Å². The van der Waals surface area contributed by atoms with Crippen LogP contribution >= 0.6 is 0 Å². The molecule has 0 aromatic heterocycles. The first-order valence-corrected chi connectivity index (χ1v) is 6.59. The van der Waals surface area contributed by atoms with Gasteiger partial charge < -0.3 is 5.11 Å². The molecule has 2 heteroatoms. The summed E-state index contributed by atoms with van der Waals surface area (Å²) >= 11 is 0. The summed E-state index contributed by atoms with van der Waals surface area (Å²) in [6.45, 7) is 2.13. The zero-order chi connectivity index (χ0) is 13.5. The van der Waals surface area contributed by atoms with Crippen molar-refractivity contribution in [1.29, 1.82) is 0 Å². The molecule has 0 atom stereocenters. The third-order valence-electron chi connectivity index (χ3n) is 2.24. The molecule has 0 aliphatic carbocycles. The van der Waals surface area contributed by atoms with Crippen LogP contribution in [0.1, 0.15) is 45.4 Å². The molecule has 2 nitrogen and oxygen atoms in total. The van der Waals surface area contributed by atoms with E-state index in [4.69, 9.17) is 5.11 Å². The summed E-state index contributed by atoms with van der Waals surface area (Å²) < 4.78 is 0. The van der Waals surface area contributed by atoms with Crippen LogP contribution in [0, 0.1) is 0 Å². The van der Waals surface area contributed by atoms with Crippen molar-refractivity contribution in [3.8, 4) is 0 Å². The minimum Gasteiger partial charge on any atom is -0.481 e. The van der Waals surface area contributed by atoms with Gasteiger partial charge >= 0.3 is 5.97 Å². The summed E-state index contributed by atoms with van der Waals surface area (Å²) in [5, 5.41) is 8.43. The molecule has 0 aliphatic rings. The summed E-state index contributed by atoms with van der Waals surface area (Å²) in [4.78, 5) is 10.2. The average molecular weight is 248 g/mol. The van der Waals surface area contributed by atoms with Crippen LogP contribution in [0.15, 0.2) is 48.6 Å². The lowest BCUT2D eigenvalue weighted by molar-refractivity contribution is -0.136. The summed E-state index contributed by atoms with van der Waals surface area (Å²) in [6, 6.07) is 0. The molecule has 100 valence electrons. The van der Waals surface area contributed by atoms with Crippen molar-refractivity contribution in [3.63, 3.8) is 0 Å². The molecule has 18 heavy (non-hydrogen) atoms. The van der Waals surface area contributed by atoms with Crippen LogP contribution in [0.2, 0.25) is 0 Å². The van der Waals surface area contributed by atoms with Gasteiger partial charge in [-0.05, 0) is 32.1 Å². The van der Waals surface area contributed by atoms with E-state index in [1.54, 1.807) is 0 Å². The lowest BCUT2D eigenvalue weighted by atomic mass is 10.2. The standard InChI is InChI=1S/C16H24O2/c1-2-3-4-5-6-7-8-9-10-11-12-13-14-15-16(17)18/h3-4,6-7,9-10,12-13H,2,5,8,11,14-15H2,1H3,(H,17,18)/b4-3+,7-6+,10-9+,13-12+. The SMILES string of the molecule is CC/C=C/C/C=C/C/C=C/C/C=C/CCC(=O)O. The van der Waals surface area contributed by atoms with Crippen LogP contribution in [0.3, 0.4) is 0 Å². The Bertz CT molecular complexity index is 309. The summed E-state index contributed by atoms with van der Waals surface area (Å²) in [6.07, 6.45) is 21.6. The van der Waals surface area contributed by atoms with E-state index < -0.39 is 5.97 Å². The fourth-order valence-corrected chi connectivity index (χ4v) is 1.30. The van der Waals surface area contributed by atoms with Crippen molar-refractivity contribution in [2.24, 2.45) is 0 Å². The first-order valence-electron chi connectivity index (χ1n) is 6.59. The Morgan fingerprint density at radius 3 is 1.72 bits per heavy atom. The lowest BCUT2D eigenvalue weighted by Gasteiger charge is -1.87. The Balaban J connectivity index is 3.42. The van der Waals surface area contributed by atoms with Gasteiger partial charge in [-0.3, -0.25) is 4.79 Å². The highest BCUT2D eigenvalue weighted by Gasteiger charge is 1.90. The minimum atomic E-state index is -0.738. The first-order chi connectivity index (χ1) is 8.77. The van der Waals surface area contributed by atoms with Crippen LogP contribution in [0.25, 0.3) is 0 Å². The average Bonchev–Trinajstić information content (AvgIpc) is 2.34. The van der Waals surface area contributed by atoms with E-state index in [9.17, 15) is 4.79 Å². The number of carbonyl (C=O) groups is 1. The molecule has 0 fully saturated rings. The molecule has 0 rings (SSSR count). The van der Waals surface area contributed by atoms with Gasteiger partial charge in [0.2, 0.25) is 0 Å². The second-order valence-electron chi connectivity index (χ2n) is 3.93. The molecule has 0 aliphatic heterocycles. The van der Waals surface area contributed by atoms with Gasteiger partial charge in [-0.25, -0.2) is 0 Å². The third kappa shape index (κ3) is 14.4. The molecule has 0 aromatic carbocycles. The van der Waals surface area contributed by atoms with Crippen LogP contribution in [-0.2, 0) is 4.79 Å². The molecular weight excluding hydrogens is 224 g/mol. The Morgan fingerprint density at radius 1 is 0.833 bits per heavy atom. The molecular formula is C16H24O2. The molecule has 0 radical (unpaired) electrons. The third-order valence-corrected chi connectivity index (χ3v) is 2.24. The molecule has 0 bridgehead atoms. The first kappa shape index (κ1) is 16.4. The van der Waals surface area contributed by atoms with Crippen molar-refractivity contribution in [1.82, 2.24) is 0 Å². The molecule has 0 saturated carbocycles. The fraction of sp³-hybridized carbons (Fsp3) is 0.438. The Hall–Kier alpha value is -1.57. The maximum Gasteiger partial charge on any atom is 0.303 e. The maximum atomic E-state index is 10.2. The second-order valence-corrected chi connectivity index (χ2v) is 3.93. The van der Waals surface area contributed by atoms with E-state index in [1.807, 2.05) is 12.2 Å². The Labute approximate surface area is 110 Å². The lowest BCUT2D eigenvalue weighted by Crippen LogP contribution is -1.91. The molecule has 0 heterocycles. The van der Waals surface area contributed by atoms with Gasteiger partial charge in [0.15, 0.2) is 0 Å². The van der Waals surface area contributed by atoms with E-state index in [0.29, 0.717) is 6.42 Å². The van der Waals surface area contributed by atoms with Gasteiger partial charge in [0.1, 0.15) is 0 Å². The van der Waals surface area contributed by atoms with Crippen molar-refractivity contribution in [2.45, 2.75) is 45.4 Å². The predicted octanol–water partition coefficient (Wildman–Crippen LogP) is 4.66. The van der Waals surface area contributed by atoms with Crippen molar-refractivity contribution < 1.29 is 9.90 Å². The molecule has 0 aromatic rings. The molecule has 0 unspecified atom stereocenters. The number of carboxylic acids is 1. The van der Waals surface area contributed by atoms with Gasteiger partial charge in [0.05, 0.1) is 0 Å². The zero-order valence-electron chi connectivity index (χ0n) is 11.2. The van der Waals surface area contributed by atoms with Gasteiger partial charge in [-0.2, -0.15) is 0 Å². The number of hydrogen-bond acceptors (Lipinski definition) is 1. The highest BCUT2D eigenvalue weighted by atomic mass is 16.4. The maximum absolute atomic E-state index is 10.2. The smallest absolute Gasteiger partial charge is 0.303 e. The quantitative estimate of drug-likeness (QED) is 0.571. The number of carboxylic acid groups (broad SMARTS) is 1. The molecule has 0 spiro atoms. The predicted molar refractivity (Wildman–Crippen MR) is 77.6 cm³/mol. The normalized spacial score (nSPS) is 12.5. The van der Waals surface area contributed by atoms with Crippen molar-refractivity contribution >= 4 is 5.97 Å². The molecule has 0 amide bonds. The minimum absolute atomic E-state index is 0.216. The van der Waals surface area contributed by atoms with E-state index in [0.717, 1.165) is 25.7 Å². The number of rotatable bonds is 10. The highest BCUT2D eigenvalue weighted by molar-refractivity contribution is 5.66. The zero-order valence-corrected chi connectivity index (χ0v) is 11.2. The number of allylic oxidation sites excluding steroid dienone is 8. The van der Waals surface area contributed by atoms with E-state index in [1.165, 1.54) is 0 Å². The summed E-state index contributed by atoms with van der Waals surface area (Å²) in [5.74, 6) is -0.738. The van der Waals surface area contributed by atoms with E-state index >= 15 is 0 Å². The monoisotopic (exact) mass is 248 g/mol. The van der Waals surface area contributed by atoms with Crippen molar-refractivity contribution in [3.05, 3.63) is 48.6 Å². The summed E-state index contributed by atoms with van der Waals surface area (Å²) in [5.41, 5.74) is 0. The Kier molecular flexibility index (Phi) is 12.3. The van der Waals surface area contributed by atoms with E-state index in [2.05, 4.69) is 43.4 Å². The van der Waals surface area contributed by atoms with Crippen LogP contribution in [0.4, 0.5) is 0 Å². The van der Waals surface area contributed by atoms with Gasteiger partial charge in [0.25, 0.3) is 0 Å².